The van der Waals surface area contributed by atoms with Gasteiger partial charge < -0.3 is 19.7 Å². The van der Waals surface area contributed by atoms with Gasteiger partial charge in [0, 0.05) is 22.2 Å². The van der Waals surface area contributed by atoms with E-state index in [1.165, 1.54) is 0 Å². The first-order valence-corrected chi connectivity index (χ1v) is 11.1. The molecule has 172 valence electrons. The van der Waals surface area contributed by atoms with Crippen molar-refractivity contribution in [1.29, 1.82) is 0 Å². The molecule has 34 heavy (non-hydrogen) atoms. The minimum Gasteiger partial charge on any atom is -0.483 e. The van der Waals surface area contributed by atoms with E-state index < -0.39 is 35.0 Å². The van der Waals surface area contributed by atoms with E-state index in [2.05, 4.69) is 0 Å². The summed E-state index contributed by atoms with van der Waals surface area (Å²) in [5.41, 5.74) is -3.24. The summed E-state index contributed by atoms with van der Waals surface area (Å²) in [4.78, 5) is 25.6. The monoisotopic (exact) mass is 496 g/mol. The van der Waals surface area contributed by atoms with E-state index in [0.29, 0.717) is 10.0 Å². The number of hydrogen-bond acceptors (Lipinski definition) is 6. The van der Waals surface area contributed by atoms with Gasteiger partial charge in [-0.15, -0.1) is 0 Å². The number of benzene rings is 2. The average molecular weight is 497 g/mol. The molecular weight excluding hydrogens is 479 g/mol. The van der Waals surface area contributed by atoms with Crippen molar-refractivity contribution in [3.8, 4) is 0 Å². The topological polar surface area (TPSA) is 93.1 Å². The van der Waals surface area contributed by atoms with Crippen molar-refractivity contribution in [3.05, 3.63) is 106 Å². The molecule has 2 N–H and O–H groups in total. The Morgan fingerprint density at radius 3 is 1.35 bits per heavy atom. The lowest BCUT2D eigenvalue weighted by Crippen LogP contribution is -2.89. The smallest absolute Gasteiger partial charge is 0.208 e. The Morgan fingerprint density at radius 1 is 0.647 bits per heavy atom. The molecule has 0 spiro atoms. The van der Waals surface area contributed by atoms with Crippen molar-refractivity contribution in [2.24, 2.45) is 0 Å². The van der Waals surface area contributed by atoms with E-state index in [9.17, 15) is 19.8 Å². The van der Waals surface area contributed by atoms with Crippen molar-refractivity contribution in [1.82, 2.24) is 0 Å². The number of rotatable bonds is 4. The zero-order chi connectivity index (χ0) is 24.1. The van der Waals surface area contributed by atoms with Gasteiger partial charge >= 0.3 is 0 Å². The summed E-state index contributed by atoms with van der Waals surface area (Å²) in [7, 11) is 0. The predicted octanol–water partition coefficient (Wildman–Crippen LogP) is 3.90. The normalized spacial score (nSPS) is 30.1. The molecule has 0 amide bonds. The van der Waals surface area contributed by atoms with Gasteiger partial charge in [0.2, 0.25) is 11.2 Å². The quantitative estimate of drug-likeness (QED) is 0.666. The van der Waals surface area contributed by atoms with E-state index >= 15 is 0 Å². The van der Waals surface area contributed by atoms with Crippen LogP contribution in [0.2, 0.25) is 10.0 Å². The summed E-state index contributed by atoms with van der Waals surface area (Å²) in [6, 6.07) is 14.0. The second-order valence-corrected chi connectivity index (χ2v) is 9.07. The maximum Gasteiger partial charge on any atom is 0.208 e. The number of fused-ring (bicyclic) bond motifs is 4. The molecule has 4 atom stereocenters. The minimum atomic E-state index is -2.44. The summed E-state index contributed by atoms with van der Waals surface area (Å²) < 4.78 is 11.6. The van der Waals surface area contributed by atoms with Crippen LogP contribution in [-0.2, 0) is 19.1 Å². The third-order valence-electron chi connectivity index (χ3n) is 6.12. The Bertz CT molecular complexity index is 1190. The fourth-order valence-corrected chi connectivity index (χ4v) is 4.50. The van der Waals surface area contributed by atoms with Gasteiger partial charge in [-0.25, -0.2) is 0 Å². The Kier molecular flexibility index (Phi) is 5.49. The van der Waals surface area contributed by atoms with Crippen molar-refractivity contribution in [2.75, 3.05) is 0 Å². The first-order chi connectivity index (χ1) is 16.2. The molecule has 2 aliphatic heterocycles. The number of carbonyl (C=O) groups excluding carboxylic acids is 2. The second-order valence-electron chi connectivity index (χ2n) is 8.20. The lowest BCUT2D eigenvalue weighted by Gasteiger charge is -2.61. The van der Waals surface area contributed by atoms with E-state index in [4.69, 9.17) is 32.7 Å². The van der Waals surface area contributed by atoms with Gasteiger partial charge in [0.05, 0.1) is 0 Å². The number of carbonyl (C=O) groups is 2. The molecule has 0 unspecified atom stereocenters. The maximum atomic E-state index is 12.8. The molecule has 0 radical (unpaired) electrons. The van der Waals surface area contributed by atoms with Crippen molar-refractivity contribution in [3.63, 3.8) is 0 Å². The highest BCUT2D eigenvalue weighted by Gasteiger charge is 2.82. The van der Waals surface area contributed by atoms with Gasteiger partial charge in [-0.05, 0) is 47.5 Å². The van der Waals surface area contributed by atoms with Gasteiger partial charge in [0.25, 0.3) is 0 Å². The summed E-state index contributed by atoms with van der Waals surface area (Å²) in [5, 5.41) is 23.2. The number of ether oxygens (including phenoxy) is 2. The number of hydrogen-bond donors (Lipinski definition) is 2. The fraction of sp³-hybridized carbons (Fsp3) is 0.154. The lowest BCUT2D eigenvalue weighted by molar-refractivity contribution is -0.319. The second kappa shape index (κ2) is 8.25. The molecule has 0 aromatic heterocycles. The first kappa shape index (κ1) is 22.6. The molecule has 1 fully saturated rings. The molecule has 0 saturated heterocycles. The van der Waals surface area contributed by atoms with Gasteiger partial charge in [0.1, 0.15) is 11.5 Å². The van der Waals surface area contributed by atoms with E-state index in [1.54, 1.807) is 72.8 Å². The molecular formula is C26H18Cl2O6. The Balaban J connectivity index is 1.38. The molecule has 0 bridgehead atoms. The standard InChI is InChI=1S/C26H18Cl2O6/c27-17-7-1-15(2-8-17)5-11-19-13-21(29)25(31)23(33-19)24-26(25,32)22(30)14-20(34-24)12-6-16-3-9-18(28)10-4-16/h1-14,23-24,31-32H/b11-5+,12-6+/t23-,24-,25+,26+/m0/s1. The third-order valence-corrected chi connectivity index (χ3v) is 6.63. The number of allylic oxidation sites excluding steroid dienone is 2. The van der Waals surface area contributed by atoms with Crippen LogP contribution in [0.3, 0.4) is 0 Å². The summed E-state index contributed by atoms with van der Waals surface area (Å²) in [6.07, 6.45) is 6.11. The lowest BCUT2D eigenvalue weighted by atomic mass is 9.55. The molecule has 2 aromatic rings. The van der Waals surface area contributed by atoms with Crippen LogP contribution in [0.4, 0.5) is 0 Å². The SMILES string of the molecule is O=C1C=C(/C=C/c2ccc(Cl)cc2)O[C@H]2[C@@H]3OC(/C=C/c4ccc(Cl)cc4)=CC(=O)[C@]3(O)[C@@]12O. The van der Waals surface area contributed by atoms with Crippen molar-refractivity contribution in [2.45, 2.75) is 23.4 Å². The van der Waals surface area contributed by atoms with Crippen LogP contribution in [-0.4, -0.2) is 45.2 Å². The molecule has 2 aromatic carbocycles. The van der Waals surface area contributed by atoms with E-state index in [-0.39, 0.29) is 11.5 Å². The summed E-state index contributed by atoms with van der Waals surface area (Å²) in [5.74, 6) is -1.33. The largest absolute Gasteiger partial charge is 0.483 e. The summed E-state index contributed by atoms with van der Waals surface area (Å²) >= 11 is 11.8. The van der Waals surface area contributed by atoms with Crippen LogP contribution >= 0.6 is 23.2 Å². The number of halogens is 2. The van der Waals surface area contributed by atoms with E-state index in [0.717, 1.165) is 23.3 Å². The zero-order valence-corrected chi connectivity index (χ0v) is 19.0. The third kappa shape index (κ3) is 3.51. The summed E-state index contributed by atoms with van der Waals surface area (Å²) in [6.45, 7) is 0. The molecule has 5 rings (SSSR count). The molecule has 1 saturated carbocycles. The highest BCUT2D eigenvalue weighted by molar-refractivity contribution is 6.30. The number of aliphatic hydroxyl groups is 2. The van der Waals surface area contributed by atoms with Crippen LogP contribution < -0.4 is 0 Å². The Morgan fingerprint density at radius 2 is 1.00 bits per heavy atom. The minimum absolute atomic E-state index is 0.167. The highest BCUT2D eigenvalue weighted by Crippen LogP contribution is 2.53. The van der Waals surface area contributed by atoms with Gasteiger partial charge in [0.15, 0.2) is 23.8 Å². The van der Waals surface area contributed by atoms with Crippen LogP contribution in [0.1, 0.15) is 11.1 Å². The Labute approximate surface area is 205 Å². The molecule has 1 aliphatic carbocycles. The highest BCUT2D eigenvalue weighted by atomic mass is 35.5. The van der Waals surface area contributed by atoms with Crippen molar-refractivity contribution < 1.29 is 29.3 Å². The molecule has 8 heteroatoms. The van der Waals surface area contributed by atoms with E-state index in [1.807, 2.05) is 0 Å². The Hall–Kier alpha value is -3.16. The average Bonchev–Trinajstić information content (AvgIpc) is 2.82. The van der Waals surface area contributed by atoms with Crippen LogP contribution in [0, 0.1) is 0 Å². The molecule has 2 heterocycles. The zero-order valence-electron chi connectivity index (χ0n) is 17.5. The van der Waals surface area contributed by atoms with Crippen LogP contribution in [0.5, 0.6) is 0 Å². The predicted molar refractivity (Wildman–Crippen MR) is 127 cm³/mol. The van der Waals surface area contributed by atoms with Gasteiger partial charge in [-0.3, -0.25) is 9.59 Å². The van der Waals surface area contributed by atoms with Crippen LogP contribution in [0.25, 0.3) is 12.2 Å². The van der Waals surface area contributed by atoms with Crippen molar-refractivity contribution >= 4 is 46.9 Å². The maximum absolute atomic E-state index is 12.8. The van der Waals surface area contributed by atoms with Crippen LogP contribution in [0.15, 0.2) is 84.4 Å². The van der Waals surface area contributed by atoms with Gasteiger partial charge in [-0.2, -0.15) is 0 Å². The molecule has 6 nitrogen and oxygen atoms in total. The number of ketones is 2. The fourth-order valence-electron chi connectivity index (χ4n) is 4.24. The molecule has 3 aliphatic rings. The first-order valence-electron chi connectivity index (χ1n) is 10.4. The van der Waals surface area contributed by atoms with Gasteiger partial charge in [-0.1, -0.05) is 59.6 Å².